The Balaban J connectivity index is 2.25. The molecule has 2 aromatic carbocycles. The molecule has 3 aromatic rings. The number of fused-ring (bicyclic) bond motifs is 1. The predicted octanol–water partition coefficient (Wildman–Crippen LogP) is 2.96. The summed E-state index contributed by atoms with van der Waals surface area (Å²) in [6, 6.07) is 13.0. The summed E-state index contributed by atoms with van der Waals surface area (Å²) in [5.74, 6) is 0.932. The summed E-state index contributed by atoms with van der Waals surface area (Å²) in [4.78, 5) is 13.5. The number of nitrogens with zero attached hydrogens (tertiary/aromatic N) is 3. The Kier molecular flexibility index (Phi) is 4.48. The van der Waals surface area contributed by atoms with Crippen LogP contribution in [-0.2, 0) is 0 Å². The molecule has 122 valence electrons. The van der Waals surface area contributed by atoms with Crippen LogP contribution in [0.15, 0.2) is 47.5 Å². The Morgan fingerprint density at radius 2 is 1.75 bits per heavy atom. The highest BCUT2D eigenvalue weighted by Crippen LogP contribution is 2.30. The molecule has 0 amide bonds. The van der Waals surface area contributed by atoms with Gasteiger partial charge >= 0.3 is 0 Å². The standard InChI is InChI=1S/C17H17ClN6/c1-20-16(21-2)24-17-22-14-8-5-11(18)9-13(14)15(23-17)10-3-6-12(19)7-4-10/h3-9H,19H2,1-2H3,(H2,20,21,22,23,24). The molecule has 1 heterocycles. The van der Waals surface area contributed by atoms with E-state index in [1.807, 2.05) is 36.4 Å². The highest BCUT2D eigenvalue weighted by molar-refractivity contribution is 6.31. The zero-order valence-corrected chi connectivity index (χ0v) is 14.1. The summed E-state index contributed by atoms with van der Waals surface area (Å²) in [6.45, 7) is 0. The van der Waals surface area contributed by atoms with E-state index in [0.29, 0.717) is 22.6 Å². The van der Waals surface area contributed by atoms with Crippen LogP contribution in [0.25, 0.3) is 22.2 Å². The van der Waals surface area contributed by atoms with Crippen molar-refractivity contribution >= 4 is 40.1 Å². The Hall–Kier alpha value is -2.86. The van der Waals surface area contributed by atoms with Gasteiger partial charge in [-0.25, -0.2) is 9.97 Å². The Morgan fingerprint density at radius 3 is 2.42 bits per heavy atom. The molecule has 0 aliphatic carbocycles. The fourth-order valence-electron chi connectivity index (χ4n) is 2.34. The highest BCUT2D eigenvalue weighted by atomic mass is 35.5. The molecule has 7 heteroatoms. The third-order valence-corrected chi connectivity index (χ3v) is 3.75. The van der Waals surface area contributed by atoms with Gasteiger partial charge in [0.1, 0.15) is 0 Å². The largest absolute Gasteiger partial charge is 0.399 e. The molecule has 0 aliphatic rings. The Bertz CT molecular complexity index is 899. The molecule has 6 nitrogen and oxygen atoms in total. The number of nitrogens with two attached hydrogens (primary N) is 1. The number of nitrogen functional groups attached to an aromatic ring is 1. The Morgan fingerprint density at radius 1 is 1.04 bits per heavy atom. The van der Waals surface area contributed by atoms with Gasteiger partial charge in [-0.2, -0.15) is 4.99 Å². The number of anilines is 1. The molecule has 4 N–H and O–H groups in total. The number of guanidine groups is 1. The molecule has 0 radical (unpaired) electrons. The van der Waals surface area contributed by atoms with E-state index in [1.54, 1.807) is 20.2 Å². The number of hydrogen-bond acceptors (Lipinski definition) is 4. The predicted molar refractivity (Wildman–Crippen MR) is 99.6 cm³/mol. The monoisotopic (exact) mass is 340 g/mol. The smallest absolute Gasteiger partial charge is 0.253 e. The molecule has 0 saturated heterocycles. The molecular weight excluding hydrogens is 324 g/mol. The van der Waals surface area contributed by atoms with Crippen molar-refractivity contribution in [3.05, 3.63) is 47.5 Å². The maximum absolute atomic E-state index is 6.15. The molecule has 0 aliphatic heterocycles. The number of hydrogen-bond donors (Lipinski definition) is 3. The van der Waals surface area contributed by atoms with Gasteiger partial charge in [-0.3, -0.25) is 0 Å². The minimum absolute atomic E-state index is 0.357. The van der Waals surface area contributed by atoms with Gasteiger partial charge in [0.15, 0.2) is 5.96 Å². The lowest BCUT2D eigenvalue weighted by atomic mass is 10.1. The van der Waals surface area contributed by atoms with E-state index in [2.05, 4.69) is 25.6 Å². The molecular formula is C17H17ClN6. The lowest BCUT2D eigenvalue weighted by Gasteiger charge is -2.09. The number of rotatable bonds is 2. The molecule has 1 aromatic heterocycles. The van der Waals surface area contributed by atoms with E-state index in [-0.39, 0.29) is 0 Å². The molecule has 0 unspecified atom stereocenters. The molecule has 0 atom stereocenters. The quantitative estimate of drug-likeness (QED) is 0.379. The lowest BCUT2D eigenvalue weighted by molar-refractivity contribution is 1.01. The second-order valence-corrected chi connectivity index (χ2v) is 5.55. The van der Waals surface area contributed by atoms with Gasteiger partial charge in [0, 0.05) is 35.8 Å². The van der Waals surface area contributed by atoms with Crippen LogP contribution < -0.4 is 16.4 Å². The van der Waals surface area contributed by atoms with Crippen molar-refractivity contribution in [2.45, 2.75) is 0 Å². The fraction of sp³-hybridized carbons (Fsp3) is 0.118. The number of aliphatic imine (C=N–C) groups is 1. The number of halogens is 1. The highest BCUT2D eigenvalue weighted by Gasteiger charge is 2.11. The van der Waals surface area contributed by atoms with Gasteiger partial charge in [0.25, 0.3) is 5.95 Å². The summed E-state index contributed by atoms with van der Waals surface area (Å²) in [6.07, 6.45) is 0. The molecule has 0 spiro atoms. The summed E-state index contributed by atoms with van der Waals surface area (Å²) in [5, 5.41) is 7.38. The first kappa shape index (κ1) is 16.0. The van der Waals surface area contributed by atoms with Crippen molar-refractivity contribution in [2.24, 2.45) is 4.99 Å². The Labute approximate surface area is 144 Å². The van der Waals surface area contributed by atoms with Crippen LogP contribution in [0, 0.1) is 0 Å². The number of benzene rings is 2. The minimum Gasteiger partial charge on any atom is -0.399 e. The van der Waals surface area contributed by atoms with Crippen LogP contribution in [0.5, 0.6) is 0 Å². The molecule has 3 rings (SSSR count). The molecule has 0 saturated carbocycles. The van der Waals surface area contributed by atoms with E-state index < -0.39 is 0 Å². The van der Waals surface area contributed by atoms with Crippen molar-refractivity contribution < 1.29 is 0 Å². The van der Waals surface area contributed by atoms with Gasteiger partial charge in [-0.05, 0) is 30.3 Å². The summed E-state index contributed by atoms with van der Waals surface area (Å²) in [7, 11) is 3.55. The third kappa shape index (κ3) is 3.23. The van der Waals surface area contributed by atoms with Crippen LogP contribution in [0.2, 0.25) is 5.02 Å². The van der Waals surface area contributed by atoms with Crippen LogP contribution in [0.4, 0.5) is 11.6 Å². The first-order valence-electron chi connectivity index (χ1n) is 7.38. The summed E-state index contributed by atoms with van der Waals surface area (Å²) < 4.78 is 0. The lowest BCUT2D eigenvalue weighted by Crippen LogP contribution is -2.31. The fourth-order valence-corrected chi connectivity index (χ4v) is 2.51. The summed E-state index contributed by atoms with van der Waals surface area (Å²) in [5.41, 5.74) is 8.93. The normalized spacial score (nSPS) is 10.5. The van der Waals surface area contributed by atoms with Gasteiger partial charge in [0.05, 0.1) is 11.2 Å². The topological polar surface area (TPSA) is 88.2 Å². The minimum atomic E-state index is 0.357. The van der Waals surface area contributed by atoms with Crippen LogP contribution >= 0.6 is 11.6 Å². The van der Waals surface area contributed by atoms with Crippen LogP contribution in [0.3, 0.4) is 0 Å². The number of aromatic nitrogens is 2. The second-order valence-electron chi connectivity index (χ2n) is 5.12. The SMILES string of the molecule is CNC(=Nc1nc(-c2ccc(N)cc2)c2cc(Cl)ccc2n1)NC. The van der Waals surface area contributed by atoms with Crippen molar-refractivity contribution in [3.63, 3.8) is 0 Å². The van der Waals surface area contributed by atoms with Gasteiger partial charge in [-0.1, -0.05) is 23.7 Å². The van der Waals surface area contributed by atoms with Gasteiger partial charge in [-0.15, -0.1) is 0 Å². The maximum atomic E-state index is 6.15. The van der Waals surface area contributed by atoms with Crippen LogP contribution in [-0.4, -0.2) is 30.0 Å². The molecule has 0 bridgehead atoms. The van der Waals surface area contributed by atoms with Crippen LogP contribution in [0.1, 0.15) is 0 Å². The average Bonchev–Trinajstić information content (AvgIpc) is 2.60. The van der Waals surface area contributed by atoms with Crippen molar-refractivity contribution in [1.29, 1.82) is 0 Å². The molecule has 24 heavy (non-hydrogen) atoms. The molecule has 0 fully saturated rings. The second kappa shape index (κ2) is 6.72. The van der Waals surface area contributed by atoms with Gasteiger partial charge < -0.3 is 16.4 Å². The van der Waals surface area contributed by atoms with Gasteiger partial charge in [0.2, 0.25) is 0 Å². The first-order valence-corrected chi connectivity index (χ1v) is 7.76. The number of nitrogens with one attached hydrogen (secondary N) is 2. The average molecular weight is 341 g/mol. The first-order chi connectivity index (χ1) is 11.6. The third-order valence-electron chi connectivity index (χ3n) is 3.52. The van der Waals surface area contributed by atoms with E-state index in [4.69, 9.17) is 17.3 Å². The zero-order chi connectivity index (χ0) is 17.1. The van der Waals surface area contributed by atoms with E-state index in [1.165, 1.54) is 0 Å². The van der Waals surface area contributed by atoms with Crippen molar-refractivity contribution in [2.75, 3.05) is 19.8 Å². The van der Waals surface area contributed by atoms with E-state index in [9.17, 15) is 0 Å². The summed E-state index contributed by atoms with van der Waals surface area (Å²) >= 11 is 6.15. The maximum Gasteiger partial charge on any atom is 0.253 e. The van der Waals surface area contributed by atoms with E-state index >= 15 is 0 Å². The van der Waals surface area contributed by atoms with Crippen molar-refractivity contribution in [3.8, 4) is 11.3 Å². The zero-order valence-electron chi connectivity index (χ0n) is 13.3. The van der Waals surface area contributed by atoms with E-state index in [0.717, 1.165) is 22.2 Å². The van der Waals surface area contributed by atoms with Crippen molar-refractivity contribution in [1.82, 2.24) is 20.6 Å².